The summed E-state index contributed by atoms with van der Waals surface area (Å²) in [6, 6.07) is 0. The molecule has 0 aromatic rings. The fraction of sp³-hybridized carbons (Fsp3) is 1.00. The van der Waals surface area contributed by atoms with E-state index in [1.165, 1.54) is 70.6 Å². The Labute approximate surface area is 346 Å². The molecule has 0 aromatic carbocycles. The number of hydrogen-bond donors (Lipinski definition) is 3. The number of rotatable bonds is 43. The van der Waals surface area contributed by atoms with E-state index in [4.69, 9.17) is 43.9 Å². The number of ether oxygens (including phenoxy) is 6. The average Bonchev–Trinajstić information content (AvgIpc) is 3.18. The number of aliphatic hydroxyl groups excluding tert-OH is 1. The lowest BCUT2D eigenvalue weighted by molar-refractivity contribution is -0.403. The Morgan fingerprint density at radius 3 is 1.21 bits per heavy atom. The van der Waals surface area contributed by atoms with Crippen molar-refractivity contribution in [3.05, 3.63) is 0 Å². The zero-order valence-corrected chi connectivity index (χ0v) is 38.4. The van der Waals surface area contributed by atoms with Gasteiger partial charge in [0.1, 0.15) is 6.61 Å². The standard InChI is InChI=1S/C25H53NO6.C20H43NO3/c1-6-11-12-13-14-15-17-23(25(28-8-3,29-9-4)30-10-5)18-16-19-26-21-24(27)22-32-31-20-7-2;1-5-9-10-11-12-13-16-19(17-14-15-18-21)20(22-6-2,23-7-3)24-8-4/h23-24,26-27H,6-22H2,1-5H3;19H,5-18,21H2,1-4H3. The highest BCUT2D eigenvalue weighted by molar-refractivity contribution is 4.75. The van der Waals surface area contributed by atoms with Crippen molar-refractivity contribution in [1.29, 1.82) is 0 Å². The van der Waals surface area contributed by atoms with Crippen molar-refractivity contribution >= 4 is 0 Å². The molecule has 0 spiro atoms. The van der Waals surface area contributed by atoms with E-state index in [-0.39, 0.29) is 18.4 Å². The third kappa shape index (κ3) is 29.7. The van der Waals surface area contributed by atoms with E-state index >= 15 is 0 Å². The summed E-state index contributed by atoms with van der Waals surface area (Å²) in [6.07, 6.45) is 22.9. The van der Waals surface area contributed by atoms with Gasteiger partial charge in [-0.15, -0.1) is 0 Å². The molecule has 0 aliphatic carbocycles. The van der Waals surface area contributed by atoms with Gasteiger partial charge in [0.15, 0.2) is 0 Å². The Morgan fingerprint density at radius 2 is 0.839 bits per heavy atom. The van der Waals surface area contributed by atoms with Crippen LogP contribution in [-0.4, -0.2) is 95.6 Å². The van der Waals surface area contributed by atoms with Gasteiger partial charge in [0.25, 0.3) is 11.9 Å². The van der Waals surface area contributed by atoms with Crippen molar-refractivity contribution in [3.63, 3.8) is 0 Å². The van der Waals surface area contributed by atoms with Crippen molar-refractivity contribution in [2.75, 3.05) is 72.5 Å². The van der Waals surface area contributed by atoms with Gasteiger partial charge in [-0.1, -0.05) is 104 Å². The summed E-state index contributed by atoms with van der Waals surface area (Å²) in [4.78, 5) is 9.95. The molecule has 0 aromatic heterocycles. The molecule has 11 heteroatoms. The van der Waals surface area contributed by atoms with Gasteiger partial charge in [-0.05, 0) is 99.6 Å². The van der Waals surface area contributed by atoms with Crippen molar-refractivity contribution in [3.8, 4) is 0 Å². The van der Waals surface area contributed by atoms with E-state index < -0.39 is 18.1 Å². The summed E-state index contributed by atoms with van der Waals surface area (Å²) in [5.41, 5.74) is 5.67. The van der Waals surface area contributed by atoms with E-state index in [9.17, 15) is 5.11 Å². The van der Waals surface area contributed by atoms with Crippen LogP contribution in [0.25, 0.3) is 0 Å². The molecule has 0 radical (unpaired) electrons. The highest BCUT2D eigenvalue weighted by atomic mass is 17.2. The molecule has 0 fully saturated rings. The van der Waals surface area contributed by atoms with E-state index in [0.717, 1.165) is 70.9 Å². The van der Waals surface area contributed by atoms with E-state index in [2.05, 4.69) is 19.2 Å². The molecule has 3 atom stereocenters. The van der Waals surface area contributed by atoms with Crippen LogP contribution in [0.2, 0.25) is 0 Å². The predicted octanol–water partition coefficient (Wildman–Crippen LogP) is 10.5. The average molecular weight is 809 g/mol. The van der Waals surface area contributed by atoms with Crippen LogP contribution in [0, 0.1) is 11.8 Å². The Balaban J connectivity index is 0. The highest BCUT2D eigenvalue weighted by Crippen LogP contribution is 2.35. The molecule has 340 valence electrons. The molecular weight excluding hydrogens is 713 g/mol. The quantitative estimate of drug-likeness (QED) is 0.0235. The molecule has 0 aliphatic rings. The SMILES string of the molecule is CCCCCCCCC(CCCCN)C(OCC)(OCC)OCC.CCCCCCCCC(CCCNCC(O)COOCCC)C(OCC)(OCC)OCC. The molecule has 56 heavy (non-hydrogen) atoms. The van der Waals surface area contributed by atoms with Gasteiger partial charge in [0, 0.05) is 58.0 Å². The molecule has 0 saturated carbocycles. The third-order valence-electron chi connectivity index (χ3n) is 9.81. The first-order valence-electron chi connectivity index (χ1n) is 23.5. The molecule has 4 N–H and O–H groups in total. The van der Waals surface area contributed by atoms with Crippen molar-refractivity contribution in [1.82, 2.24) is 5.32 Å². The minimum atomic E-state index is -0.967. The second kappa shape index (κ2) is 42.7. The Kier molecular flexibility index (Phi) is 43.9. The third-order valence-corrected chi connectivity index (χ3v) is 9.81. The number of unbranched alkanes of at least 4 members (excludes halogenated alkanes) is 11. The first-order valence-corrected chi connectivity index (χ1v) is 23.5. The second-order valence-electron chi connectivity index (χ2n) is 14.7. The van der Waals surface area contributed by atoms with Crippen LogP contribution in [0.3, 0.4) is 0 Å². The molecule has 0 rings (SSSR count). The Bertz CT molecular complexity index is 733. The van der Waals surface area contributed by atoms with Crippen molar-refractivity contribution in [2.45, 2.75) is 209 Å². The summed E-state index contributed by atoms with van der Waals surface area (Å²) in [7, 11) is 0. The lowest BCUT2D eigenvalue weighted by atomic mass is 9.92. The van der Waals surface area contributed by atoms with Gasteiger partial charge in [0.05, 0.1) is 12.7 Å². The van der Waals surface area contributed by atoms with Crippen LogP contribution in [0.5, 0.6) is 0 Å². The smallest absolute Gasteiger partial charge is 0.285 e. The largest absolute Gasteiger partial charge is 0.389 e. The first-order chi connectivity index (χ1) is 27.3. The van der Waals surface area contributed by atoms with Gasteiger partial charge >= 0.3 is 0 Å². The molecular formula is C45H96N2O9. The minimum Gasteiger partial charge on any atom is -0.389 e. The molecule has 0 heterocycles. The molecule has 11 nitrogen and oxygen atoms in total. The Hall–Kier alpha value is -0.440. The van der Waals surface area contributed by atoms with Crippen LogP contribution >= 0.6 is 0 Å². The Morgan fingerprint density at radius 1 is 0.464 bits per heavy atom. The lowest BCUT2D eigenvalue weighted by Gasteiger charge is -2.39. The molecule has 0 aliphatic heterocycles. The van der Waals surface area contributed by atoms with Crippen LogP contribution < -0.4 is 11.1 Å². The summed E-state index contributed by atoms with van der Waals surface area (Å²) in [5.74, 6) is -1.40. The van der Waals surface area contributed by atoms with Gasteiger partial charge < -0.3 is 44.6 Å². The minimum absolute atomic E-state index is 0.172. The normalized spacial score (nSPS) is 13.8. The number of nitrogens with two attached hydrogens (primary N) is 1. The van der Waals surface area contributed by atoms with Gasteiger partial charge in [-0.25, -0.2) is 9.78 Å². The topological polar surface area (TPSA) is 132 Å². The van der Waals surface area contributed by atoms with E-state index in [1.54, 1.807) is 0 Å². The predicted molar refractivity (Wildman–Crippen MR) is 231 cm³/mol. The van der Waals surface area contributed by atoms with Gasteiger partial charge in [-0.3, -0.25) is 0 Å². The molecule has 0 saturated heterocycles. The molecule has 0 amide bonds. The van der Waals surface area contributed by atoms with Crippen LogP contribution in [0.1, 0.15) is 191 Å². The maximum Gasteiger partial charge on any atom is 0.285 e. The van der Waals surface area contributed by atoms with E-state index in [0.29, 0.717) is 52.8 Å². The maximum atomic E-state index is 9.97. The second-order valence-corrected chi connectivity index (χ2v) is 14.7. The summed E-state index contributed by atoms with van der Waals surface area (Å²) in [6.45, 7) is 24.7. The fourth-order valence-electron chi connectivity index (χ4n) is 7.11. The van der Waals surface area contributed by atoms with Crippen molar-refractivity contribution in [2.24, 2.45) is 17.6 Å². The zero-order chi connectivity index (χ0) is 42.0. The van der Waals surface area contributed by atoms with Crippen molar-refractivity contribution < 1.29 is 43.3 Å². The zero-order valence-electron chi connectivity index (χ0n) is 38.4. The summed E-state index contributed by atoms with van der Waals surface area (Å²) < 4.78 is 36.3. The van der Waals surface area contributed by atoms with Gasteiger partial charge in [0.2, 0.25) is 0 Å². The highest BCUT2D eigenvalue weighted by Gasteiger charge is 2.42. The van der Waals surface area contributed by atoms with Crippen LogP contribution in [0.4, 0.5) is 0 Å². The molecule has 0 bridgehead atoms. The monoisotopic (exact) mass is 809 g/mol. The lowest BCUT2D eigenvalue weighted by Crippen LogP contribution is -2.47. The number of hydrogen-bond acceptors (Lipinski definition) is 11. The van der Waals surface area contributed by atoms with Crippen LogP contribution in [-0.2, 0) is 38.2 Å². The van der Waals surface area contributed by atoms with Crippen LogP contribution in [0.15, 0.2) is 0 Å². The van der Waals surface area contributed by atoms with Gasteiger partial charge in [-0.2, -0.15) is 0 Å². The summed E-state index contributed by atoms with van der Waals surface area (Å²) in [5, 5.41) is 13.3. The fourth-order valence-corrected chi connectivity index (χ4v) is 7.11. The first kappa shape index (κ1) is 57.7. The maximum absolute atomic E-state index is 9.97. The van der Waals surface area contributed by atoms with E-state index in [1.807, 2.05) is 48.5 Å². The number of nitrogens with one attached hydrogen (secondary N) is 1. The molecule has 3 unspecified atom stereocenters. The summed E-state index contributed by atoms with van der Waals surface area (Å²) >= 11 is 0. The number of aliphatic hydroxyl groups is 1.